The molecule has 6 nitrogen and oxygen atoms in total. The van der Waals surface area contributed by atoms with Crippen molar-refractivity contribution in [3.63, 3.8) is 0 Å². The summed E-state index contributed by atoms with van der Waals surface area (Å²) >= 11 is 1.62. The van der Waals surface area contributed by atoms with Gasteiger partial charge >= 0.3 is 6.03 Å². The number of hydrogen-bond donors (Lipinski definition) is 1. The second-order valence-corrected chi connectivity index (χ2v) is 9.28. The fourth-order valence-corrected chi connectivity index (χ4v) is 4.15. The van der Waals surface area contributed by atoms with Gasteiger partial charge in [-0.3, -0.25) is 4.79 Å². The molecule has 3 rings (SSSR count). The lowest BCUT2D eigenvalue weighted by Crippen LogP contribution is -2.45. The molecule has 0 aliphatic heterocycles. The molecular formula is C26H31N3O3S. The van der Waals surface area contributed by atoms with Crippen molar-refractivity contribution in [2.24, 2.45) is 5.92 Å². The summed E-state index contributed by atoms with van der Waals surface area (Å²) in [6.45, 7) is 5.57. The summed E-state index contributed by atoms with van der Waals surface area (Å²) in [5, 5.41) is 4.91. The van der Waals surface area contributed by atoms with Crippen LogP contribution < -0.4 is 10.1 Å². The molecule has 33 heavy (non-hydrogen) atoms. The van der Waals surface area contributed by atoms with Gasteiger partial charge in [0.25, 0.3) is 0 Å². The Bertz CT molecular complexity index is 1010. The van der Waals surface area contributed by atoms with E-state index in [-0.39, 0.29) is 24.4 Å². The highest BCUT2D eigenvalue weighted by Crippen LogP contribution is 2.17. The topological polar surface area (TPSA) is 61.9 Å². The predicted octanol–water partition coefficient (Wildman–Crippen LogP) is 5.48. The fourth-order valence-electron chi connectivity index (χ4n) is 3.43. The van der Waals surface area contributed by atoms with Crippen LogP contribution in [0.25, 0.3) is 0 Å². The number of hydrogen-bond acceptors (Lipinski definition) is 4. The van der Waals surface area contributed by atoms with Crippen molar-refractivity contribution in [3.8, 4) is 5.75 Å². The van der Waals surface area contributed by atoms with Gasteiger partial charge in [-0.25, -0.2) is 4.79 Å². The molecule has 0 bridgehead atoms. The summed E-state index contributed by atoms with van der Waals surface area (Å²) in [6, 6.07) is 20.8. The third-order valence-corrected chi connectivity index (χ3v) is 5.90. The number of thiophene rings is 1. The second kappa shape index (κ2) is 12.1. The van der Waals surface area contributed by atoms with Crippen LogP contribution in [0.5, 0.6) is 5.75 Å². The van der Waals surface area contributed by atoms with Gasteiger partial charge in [-0.1, -0.05) is 50.2 Å². The van der Waals surface area contributed by atoms with E-state index < -0.39 is 0 Å². The van der Waals surface area contributed by atoms with Crippen LogP contribution in [0.1, 0.15) is 24.3 Å². The highest BCUT2D eigenvalue weighted by Gasteiger charge is 2.23. The lowest BCUT2D eigenvalue weighted by atomic mass is 10.2. The molecule has 1 aromatic heterocycles. The van der Waals surface area contributed by atoms with Gasteiger partial charge in [0.1, 0.15) is 12.3 Å². The number of benzene rings is 2. The summed E-state index contributed by atoms with van der Waals surface area (Å²) in [5.74, 6) is 0.851. The van der Waals surface area contributed by atoms with Gasteiger partial charge in [0.15, 0.2) is 0 Å². The summed E-state index contributed by atoms with van der Waals surface area (Å²) < 4.78 is 5.17. The maximum atomic E-state index is 13.4. The molecule has 2 aromatic carbocycles. The molecule has 0 unspecified atom stereocenters. The largest absolute Gasteiger partial charge is 0.497 e. The highest BCUT2D eigenvalue weighted by atomic mass is 32.1. The van der Waals surface area contributed by atoms with E-state index in [1.807, 2.05) is 66.6 Å². The monoisotopic (exact) mass is 465 g/mol. The molecule has 0 saturated carbocycles. The number of nitrogens with one attached hydrogen (secondary N) is 1. The number of carbonyl (C=O) groups is 2. The van der Waals surface area contributed by atoms with Gasteiger partial charge in [0.05, 0.1) is 13.7 Å². The van der Waals surface area contributed by atoms with E-state index in [0.29, 0.717) is 31.1 Å². The van der Waals surface area contributed by atoms with Crippen LogP contribution in [0.3, 0.4) is 0 Å². The Kier molecular flexibility index (Phi) is 8.89. The highest BCUT2D eigenvalue weighted by molar-refractivity contribution is 7.09. The Labute approximate surface area is 199 Å². The van der Waals surface area contributed by atoms with Crippen LogP contribution in [0.2, 0.25) is 0 Å². The average Bonchev–Trinajstić information content (AvgIpc) is 3.32. The molecule has 0 fully saturated rings. The van der Waals surface area contributed by atoms with Gasteiger partial charge in [-0.05, 0) is 47.2 Å². The molecule has 0 atom stereocenters. The zero-order valence-electron chi connectivity index (χ0n) is 19.4. The minimum Gasteiger partial charge on any atom is -0.497 e. The zero-order valence-corrected chi connectivity index (χ0v) is 20.2. The molecule has 174 valence electrons. The first kappa shape index (κ1) is 24.3. The van der Waals surface area contributed by atoms with Crippen LogP contribution in [0.4, 0.5) is 10.5 Å². The quantitative estimate of drug-likeness (QED) is 0.432. The molecule has 7 heteroatoms. The van der Waals surface area contributed by atoms with E-state index in [1.54, 1.807) is 47.6 Å². The average molecular weight is 466 g/mol. The summed E-state index contributed by atoms with van der Waals surface area (Å²) in [5.41, 5.74) is 1.71. The smallest absolute Gasteiger partial charge is 0.322 e. The molecule has 0 aliphatic rings. The third kappa shape index (κ3) is 7.64. The minimum atomic E-state index is -0.294. The van der Waals surface area contributed by atoms with Gasteiger partial charge in [-0.2, -0.15) is 0 Å². The van der Waals surface area contributed by atoms with Crippen LogP contribution >= 0.6 is 11.3 Å². The first-order chi connectivity index (χ1) is 15.9. The first-order valence-electron chi connectivity index (χ1n) is 11.0. The number of rotatable bonds is 10. The number of nitrogens with zero attached hydrogens (tertiary/aromatic N) is 2. The molecule has 1 N–H and O–H groups in total. The van der Waals surface area contributed by atoms with Gasteiger partial charge in [0.2, 0.25) is 5.91 Å². The van der Waals surface area contributed by atoms with Crippen molar-refractivity contribution in [2.75, 3.05) is 25.5 Å². The summed E-state index contributed by atoms with van der Waals surface area (Å²) in [7, 11) is 1.60. The van der Waals surface area contributed by atoms with Crippen molar-refractivity contribution in [1.82, 2.24) is 9.80 Å². The van der Waals surface area contributed by atoms with E-state index in [4.69, 9.17) is 4.74 Å². The lowest BCUT2D eigenvalue weighted by Gasteiger charge is -2.29. The maximum absolute atomic E-state index is 13.4. The standard InChI is InChI=1S/C26H31N3O3S/c1-20(2)16-29(26(31)27-22-11-13-23(32-3)14-12-22)19-25(30)28(18-24-10-7-15-33-24)17-21-8-5-4-6-9-21/h4-15,20H,16-19H2,1-3H3,(H,27,31). The number of carbonyl (C=O) groups excluding carboxylic acids is 2. The van der Waals surface area contributed by atoms with Gasteiger partial charge < -0.3 is 19.9 Å². The Morgan fingerprint density at radius 2 is 1.67 bits per heavy atom. The number of amides is 3. The molecule has 0 saturated heterocycles. The number of anilines is 1. The van der Waals surface area contributed by atoms with Crippen LogP contribution in [-0.2, 0) is 17.9 Å². The van der Waals surface area contributed by atoms with Crippen molar-refractivity contribution < 1.29 is 14.3 Å². The van der Waals surface area contributed by atoms with Crippen molar-refractivity contribution in [2.45, 2.75) is 26.9 Å². The zero-order chi connectivity index (χ0) is 23.6. The molecule has 0 spiro atoms. The minimum absolute atomic E-state index is 0.0123. The molecule has 0 radical (unpaired) electrons. The van der Waals surface area contributed by atoms with Gasteiger partial charge in [-0.15, -0.1) is 11.3 Å². The number of urea groups is 1. The second-order valence-electron chi connectivity index (χ2n) is 8.25. The third-order valence-electron chi connectivity index (χ3n) is 5.04. The predicted molar refractivity (Wildman–Crippen MR) is 133 cm³/mol. The Morgan fingerprint density at radius 3 is 2.27 bits per heavy atom. The van der Waals surface area contributed by atoms with Crippen LogP contribution in [-0.4, -0.2) is 41.9 Å². The van der Waals surface area contributed by atoms with E-state index in [2.05, 4.69) is 5.32 Å². The molecule has 3 amide bonds. The van der Waals surface area contributed by atoms with E-state index in [9.17, 15) is 9.59 Å². The SMILES string of the molecule is COc1ccc(NC(=O)N(CC(=O)N(Cc2ccccc2)Cc2cccs2)CC(C)C)cc1. The first-order valence-corrected chi connectivity index (χ1v) is 11.9. The number of methoxy groups -OCH3 is 1. The molecule has 1 heterocycles. The molecule has 0 aliphatic carbocycles. The maximum Gasteiger partial charge on any atom is 0.322 e. The van der Waals surface area contributed by atoms with Crippen molar-refractivity contribution >= 4 is 29.0 Å². The van der Waals surface area contributed by atoms with Gasteiger partial charge in [0, 0.05) is 23.7 Å². The molecule has 3 aromatic rings. The van der Waals surface area contributed by atoms with E-state index in [0.717, 1.165) is 10.4 Å². The summed E-state index contributed by atoms with van der Waals surface area (Å²) in [4.78, 5) is 31.0. The normalized spacial score (nSPS) is 10.7. The van der Waals surface area contributed by atoms with E-state index in [1.165, 1.54) is 0 Å². The number of ether oxygens (including phenoxy) is 1. The fraction of sp³-hybridized carbons (Fsp3) is 0.308. The van der Waals surface area contributed by atoms with Crippen LogP contribution in [0.15, 0.2) is 72.1 Å². The molecular weight excluding hydrogens is 434 g/mol. The van der Waals surface area contributed by atoms with Crippen molar-refractivity contribution in [1.29, 1.82) is 0 Å². The van der Waals surface area contributed by atoms with Crippen LogP contribution in [0, 0.1) is 5.92 Å². The van der Waals surface area contributed by atoms with Crippen molar-refractivity contribution in [3.05, 3.63) is 82.6 Å². The lowest BCUT2D eigenvalue weighted by molar-refractivity contribution is -0.133. The van der Waals surface area contributed by atoms with E-state index >= 15 is 0 Å². The Morgan fingerprint density at radius 1 is 0.939 bits per heavy atom. The summed E-state index contributed by atoms with van der Waals surface area (Å²) in [6.07, 6.45) is 0. The Hall–Kier alpha value is -3.32. The Balaban J connectivity index is 1.73.